The van der Waals surface area contributed by atoms with Crippen molar-refractivity contribution in [3.8, 4) is 11.4 Å². The summed E-state index contributed by atoms with van der Waals surface area (Å²) in [5.41, 5.74) is 0.532. The lowest BCUT2D eigenvalue weighted by molar-refractivity contribution is -0.122. The number of aromatic nitrogens is 3. The van der Waals surface area contributed by atoms with Crippen LogP contribution in [0.3, 0.4) is 0 Å². The fourth-order valence-corrected chi connectivity index (χ4v) is 4.61. The second kappa shape index (κ2) is 11.4. The van der Waals surface area contributed by atoms with E-state index in [1.807, 2.05) is 27.7 Å². The number of amides is 1. The smallest absolute Gasteiger partial charge is 0.234 e. The summed E-state index contributed by atoms with van der Waals surface area (Å²) in [7, 11) is 0. The van der Waals surface area contributed by atoms with Gasteiger partial charge in [-0.3, -0.25) is 9.69 Å². The molecule has 182 valence electrons. The summed E-state index contributed by atoms with van der Waals surface area (Å²) in [6, 6.07) is 6.30. The average Bonchev–Trinajstić information content (AvgIpc) is 3.19. The van der Waals surface area contributed by atoms with Crippen LogP contribution in [0, 0.1) is 11.7 Å². The quantitative estimate of drug-likeness (QED) is 0.524. The summed E-state index contributed by atoms with van der Waals surface area (Å²) in [6.45, 7) is 15.0. The number of carbonyl (C=O) groups excluding carboxylic acids is 1. The number of nitrogens with zero attached hydrogens (tertiary/aromatic N) is 4. The maximum atomic E-state index is 13.5. The van der Waals surface area contributed by atoms with Crippen molar-refractivity contribution in [1.29, 1.82) is 0 Å². The molecule has 9 heteroatoms. The lowest BCUT2D eigenvalue weighted by Crippen LogP contribution is -2.47. The molecular formula is C24H36FN5O2S. The number of ether oxygens (including phenoxy) is 1. The fourth-order valence-electron chi connectivity index (χ4n) is 3.56. The van der Waals surface area contributed by atoms with Crippen LogP contribution in [0.2, 0.25) is 0 Å². The molecule has 7 nitrogen and oxygen atoms in total. The molecular weight excluding hydrogens is 441 g/mol. The molecule has 33 heavy (non-hydrogen) atoms. The van der Waals surface area contributed by atoms with Gasteiger partial charge in [0.2, 0.25) is 5.91 Å². The van der Waals surface area contributed by atoms with Crippen molar-refractivity contribution in [3.63, 3.8) is 0 Å². The van der Waals surface area contributed by atoms with Crippen LogP contribution < -0.4 is 5.32 Å². The van der Waals surface area contributed by atoms with Crippen LogP contribution in [-0.4, -0.2) is 69.2 Å². The van der Waals surface area contributed by atoms with Gasteiger partial charge < -0.3 is 14.6 Å². The number of hydrogen-bond donors (Lipinski definition) is 1. The van der Waals surface area contributed by atoms with Gasteiger partial charge in [-0.25, -0.2) is 4.39 Å². The minimum Gasteiger partial charge on any atom is -0.379 e. The maximum absolute atomic E-state index is 13.5. The molecule has 1 fully saturated rings. The van der Waals surface area contributed by atoms with E-state index in [9.17, 15) is 9.18 Å². The lowest BCUT2D eigenvalue weighted by Gasteiger charge is -2.29. The van der Waals surface area contributed by atoms with Gasteiger partial charge in [0, 0.05) is 37.3 Å². The highest BCUT2D eigenvalue weighted by atomic mass is 32.2. The number of rotatable bonds is 10. The van der Waals surface area contributed by atoms with Crippen molar-refractivity contribution >= 4 is 17.7 Å². The molecule has 1 N–H and O–H groups in total. The standard InChI is InChI=1S/C24H36FN5O2S/c1-6-24(4,5)26-22(31)20(17(2)3)33-23-28-27-21(18-7-9-19(25)10-8-18)30(23)12-11-29-13-15-32-16-14-29/h7-10,17,20H,6,11-16H2,1-5H3,(H,26,31). The van der Waals surface area contributed by atoms with Gasteiger partial charge in [-0.05, 0) is 50.5 Å². The summed E-state index contributed by atoms with van der Waals surface area (Å²) >= 11 is 1.45. The zero-order chi connectivity index (χ0) is 24.0. The highest BCUT2D eigenvalue weighted by molar-refractivity contribution is 8.00. The third-order valence-electron chi connectivity index (χ3n) is 6.00. The summed E-state index contributed by atoms with van der Waals surface area (Å²) in [5.74, 6) is 0.514. The van der Waals surface area contributed by atoms with Crippen molar-refractivity contribution in [2.75, 3.05) is 32.8 Å². The first-order chi connectivity index (χ1) is 15.7. The van der Waals surface area contributed by atoms with Gasteiger partial charge in [0.05, 0.1) is 18.5 Å². The number of benzene rings is 1. The highest BCUT2D eigenvalue weighted by Crippen LogP contribution is 2.31. The van der Waals surface area contributed by atoms with Crippen LogP contribution in [0.4, 0.5) is 4.39 Å². The Morgan fingerprint density at radius 3 is 2.45 bits per heavy atom. The Balaban J connectivity index is 1.87. The van der Waals surface area contributed by atoms with Crippen LogP contribution in [0.1, 0.15) is 41.0 Å². The van der Waals surface area contributed by atoms with Crippen molar-refractivity contribution in [2.24, 2.45) is 5.92 Å². The molecule has 0 bridgehead atoms. The number of carbonyl (C=O) groups is 1. The van der Waals surface area contributed by atoms with Crippen LogP contribution in [0.25, 0.3) is 11.4 Å². The van der Waals surface area contributed by atoms with Crippen molar-refractivity contribution in [2.45, 2.75) is 63.5 Å². The molecule has 1 atom stereocenters. The Morgan fingerprint density at radius 1 is 1.18 bits per heavy atom. The summed E-state index contributed by atoms with van der Waals surface area (Å²) in [5, 5.41) is 12.5. The Labute approximate surface area is 200 Å². The molecule has 0 saturated carbocycles. The number of morpholine rings is 1. The van der Waals surface area contributed by atoms with E-state index in [0.29, 0.717) is 17.5 Å². The van der Waals surface area contributed by atoms with E-state index in [2.05, 4.69) is 31.9 Å². The van der Waals surface area contributed by atoms with Gasteiger partial charge in [-0.2, -0.15) is 0 Å². The third kappa shape index (κ3) is 7.01. The predicted molar refractivity (Wildman–Crippen MR) is 130 cm³/mol. The van der Waals surface area contributed by atoms with Gasteiger partial charge >= 0.3 is 0 Å². The molecule has 2 aromatic rings. The highest BCUT2D eigenvalue weighted by Gasteiger charge is 2.30. The fraction of sp³-hybridized carbons (Fsp3) is 0.625. The zero-order valence-corrected chi connectivity index (χ0v) is 21.1. The minimum absolute atomic E-state index is 0.00733. The maximum Gasteiger partial charge on any atom is 0.234 e. The Hall–Kier alpha value is -1.97. The third-order valence-corrected chi connectivity index (χ3v) is 7.53. The average molecular weight is 478 g/mol. The van der Waals surface area contributed by atoms with Crippen LogP contribution >= 0.6 is 11.8 Å². The predicted octanol–water partition coefficient (Wildman–Crippen LogP) is 3.84. The first-order valence-electron chi connectivity index (χ1n) is 11.7. The lowest BCUT2D eigenvalue weighted by atomic mass is 10.0. The van der Waals surface area contributed by atoms with Crippen LogP contribution in [-0.2, 0) is 16.1 Å². The van der Waals surface area contributed by atoms with E-state index in [1.165, 1.54) is 23.9 Å². The van der Waals surface area contributed by atoms with Gasteiger partial charge in [-0.15, -0.1) is 10.2 Å². The van der Waals surface area contributed by atoms with E-state index in [-0.39, 0.29) is 28.4 Å². The molecule has 1 saturated heterocycles. The van der Waals surface area contributed by atoms with E-state index in [0.717, 1.165) is 44.8 Å². The van der Waals surface area contributed by atoms with E-state index in [1.54, 1.807) is 12.1 Å². The molecule has 2 heterocycles. The van der Waals surface area contributed by atoms with E-state index < -0.39 is 0 Å². The molecule has 1 aliphatic rings. The number of hydrogen-bond acceptors (Lipinski definition) is 6. The number of halogens is 1. The Bertz CT molecular complexity index is 910. The number of thioether (sulfide) groups is 1. The molecule has 0 radical (unpaired) electrons. The van der Waals surface area contributed by atoms with Crippen molar-refractivity contribution < 1.29 is 13.9 Å². The van der Waals surface area contributed by atoms with E-state index in [4.69, 9.17) is 4.74 Å². The summed E-state index contributed by atoms with van der Waals surface area (Å²) < 4.78 is 21.0. The van der Waals surface area contributed by atoms with Gasteiger partial charge in [0.15, 0.2) is 11.0 Å². The normalized spacial score (nSPS) is 16.2. The molecule has 0 spiro atoms. The Morgan fingerprint density at radius 2 is 1.85 bits per heavy atom. The van der Waals surface area contributed by atoms with E-state index >= 15 is 0 Å². The van der Waals surface area contributed by atoms with Crippen LogP contribution in [0.5, 0.6) is 0 Å². The van der Waals surface area contributed by atoms with Crippen LogP contribution in [0.15, 0.2) is 29.4 Å². The van der Waals surface area contributed by atoms with Gasteiger partial charge in [-0.1, -0.05) is 32.5 Å². The first-order valence-corrected chi connectivity index (χ1v) is 12.6. The first kappa shape index (κ1) is 25.6. The minimum atomic E-state index is -0.303. The molecule has 1 aliphatic heterocycles. The summed E-state index contributed by atoms with van der Waals surface area (Å²) in [6.07, 6.45) is 0.846. The summed E-state index contributed by atoms with van der Waals surface area (Å²) in [4.78, 5) is 15.5. The van der Waals surface area contributed by atoms with Gasteiger partial charge in [0.1, 0.15) is 5.82 Å². The number of nitrogens with one attached hydrogen (secondary N) is 1. The molecule has 1 unspecified atom stereocenters. The SMILES string of the molecule is CCC(C)(C)NC(=O)C(Sc1nnc(-c2ccc(F)cc2)n1CCN1CCOCC1)C(C)C. The molecule has 3 rings (SSSR count). The zero-order valence-electron chi connectivity index (χ0n) is 20.3. The molecule has 0 aliphatic carbocycles. The topological polar surface area (TPSA) is 72.3 Å². The van der Waals surface area contributed by atoms with Gasteiger partial charge in [0.25, 0.3) is 0 Å². The molecule has 1 aromatic carbocycles. The Kier molecular flexibility index (Phi) is 8.89. The van der Waals surface area contributed by atoms with Crippen molar-refractivity contribution in [3.05, 3.63) is 30.1 Å². The molecule has 1 aromatic heterocycles. The second-order valence-corrected chi connectivity index (χ2v) is 10.5. The second-order valence-electron chi connectivity index (χ2n) is 9.43. The monoisotopic (exact) mass is 477 g/mol. The van der Waals surface area contributed by atoms with Crippen molar-refractivity contribution in [1.82, 2.24) is 25.0 Å². The largest absolute Gasteiger partial charge is 0.379 e. The molecule has 1 amide bonds.